The molecule has 0 spiro atoms. The number of amides is 3. The van der Waals surface area contributed by atoms with E-state index in [0.29, 0.717) is 42.8 Å². The summed E-state index contributed by atoms with van der Waals surface area (Å²) in [5, 5.41) is 5.78. The molecule has 0 fully saturated rings. The second-order valence-corrected chi connectivity index (χ2v) is 11.0. The summed E-state index contributed by atoms with van der Waals surface area (Å²) in [5.41, 5.74) is 0.459. The van der Waals surface area contributed by atoms with Crippen LogP contribution in [0, 0.1) is 12.3 Å². The van der Waals surface area contributed by atoms with Gasteiger partial charge in [0.05, 0.1) is 0 Å². The van der Waals surface area contributed by atoms with Crippen LogP contribution in [0.5, 0.6) is 0 Å². The first-order valence-electron chi connectivity index (χ1n) is 13.2. The summed E-state index contributed by atoms with van der Waals surface area (Å²) < 4.78 is 5.43. The van der Waals surface area contributed by atoms with Crippen molar-refractivity contribution in [2.24, 2.45) is 0 Å². The Morgan fingerprint density at radius 2 is 1.78 bits per heavy atom. The van der Waals surface area contributed by atoms with Crippen LogP contribution < -0.4 is 10.6 Å². The van der Waals surface area contributed by atoms with Crippen molar-refractivity contribution >= 4 is 29.7 Å². The molecule has 0 bridgehead atoms. The number of hydrogen-bond donors (Lipinski definition) is 2. The van der Waals surface area contributed by atoms with Crippen LogP contribution in [-0.4, -0.2) is 59.5 Å². The third-order valence-electron chi connectivity index (χ3n) is 5.69. The van der Waals surface area contributed by atoms with Gasteiger partial charge < -0.3 is 20.3 Å². The number of rotatable bonds is 15. The molecule has 0 heterocycles. The number of ether oxygens (including phenoxy) is 1. The van der Waals surface area contributed by atoms with Gasteiger partial charge in [-0.05, 0) is 63.7 Å². The fraction of sp³-hybridized carbons (Fsp3) is 0.621. The van der Waals surface area contributed by atoms with E-state index in [0.717, 1.165) is 25.7 Å². The zero-order valence-electron chi connectivity index (χ0n) is 23.4. The molecule has 0 saturated heterocycles. The zero-order chi connectivity index (χ0) is 27.8. The molecule has 7 nitrogen and oxygen atoms in total. The van der Waals surface area contributed by atoms with E-state index in [1.807, 2.05) is 25.3 Å². The Hall–Kier alpha value is -2.66. The van der Waals surface area contributed by atoms with Crippen molar-refractivity contribution in [3.8, 4) is 12.3 Å². The van der Waals surface area contributed by atoms with E-state index in [9.17, 15) is 14.4 Å². The number of nitrogens with zero attached hydrogens (tertiary/aromatic N) is 1. The second kappa shape index (κ2) is 17.0. The predicted molar refractivity (Wildman–Crippen MR) is 152 cm³/mol. The minimum Gasteiger partial charge on any atom is -0.444 e. The van der Waals surface area contributed by atoms with E-state index in [-0.39, 0.29) is 11.8 Å². The molecule has 0 saturated carbocycles. The number of unbranched alkanes of at least 4 members (excludes halogenated alkanes) is 3. The summed E-state index contributed by atoms with van der Waals surface area (Å²) >= 11 is 1.58. The van der Waals surface area contributed by atoms with E-state index in [2.05, 4.69) is 23.5 Å². The van der Waals surface area contributed by atoms with Crippen molar-refractivity contribution in [1.29, 1.82) is 0 Å². The van der Waals surface area contributed by atoms with Crippen LogP contribution in [0.25, 0.3) is 0 Å². The van der Waals surface area contributed by atoms with Crippen molar-refractivity contribution in [2.45, 2.75) is 90.8 Å². The van der Waals surface area contributed by atoms with E-state index in [1.165, 1.54) is 0 Å². The van der Waals surface area contributed by atoms with Crippen LogP contribution in [0.3, 0.4) is 0 Å². The maximum absolute atomic E-state index is 14.1. The summed E-state index contributed by atoms with van der Waals surface area (Å²) in [7, 11) is 0. The van der Waals surface area contributed by atoms with Crippen LogP contribution in [0.15, 0.2) is 24.3 Å². The largest absolute Gasteiger partial charge is 0.444 e. The predicted octanol–water partition coefficient (Wildman–Crippen LogP) is 5.29. The van der Waals surface area contributed by atoms with Gasteiger partial charge in [0, 0.05) is 18.7 Å². The quantitative estimate of drug-likeness (QED) is 0.237. The third kappa shape index (κ3) is 11.5. The second-order valence-electron chi connectivity index (χ2n) is 10.00. The topological polar surface area (TPSA) is 87.7 Å². The lowest BCUT2D eigenvalue weighted by molar-refractivity contribution is -0.142. The average molecular weight is 532 g/mol. The van der Waals surface area contributed by atoms with Gasteiger partial charge in [-0.25, -0.2) is 4.79 Å². The Balaban J connectivity index is 3.46. The van der Waals surface area contributed by atoms with Gasteiger partial charge in [-0.3, -0.25) is 9.59 Å². The molecule has 2 N–H and O–H groups in total. The van der Waals surface area contributed by atoms with Gasteiger partial charge in [0.15, 0.2) is 0 Å². The molecule has 1 rings (SSSR count). The lowest BCUT2D eigenvalue weighted by Gasteiger charge is -2.35. The molecule has 1 aromatic rings. The molecule has 0 radical (unpaired) electrons. The molecule has 2 atom stereocenters. The van der Waals surface area contributed by atoms with Gasteiger partial charge >= 0.3 is 6.09 Å². The fourth-order valence-electron chi connectivity index (χ4n) is 3.84. The van der Waals surface area contributed by atoms with E-state index < -0.39 is 23.8 Å². The lowest BCUT2D eigenvalue weighted by atomic mass is 9.97. The standard InChI is InChI=1S/C29H45N3O4S/c1-8-11-15-19-30-26(33)25(23-17-14-13-16-22(23)10-3)32(20-12-9-2)27(34)24(18-21-37-7)31-28(35)36-29(4,5)6/h3,13-14,16-17,24-25H,8-9,11-12,15,18-21H2,1-2,4-7H3,(H,30,33)(H,31,35). The molecule has 2 unspecified atom stereocenters. The zero-order valence-corrected chi connectivity index (χ0v) is 24.2. The molecule has 206 valence electrons. The summed E-state index contributed by atoms with van der Waals surface area (Å²) in [6, 6.07) is 5.46. The van der Waals surface area contributed by atoms with Crippen LogP contribution in [0.1, 0.15) is 90.3 Å². The van der Waals surface area contributed by atoms with Gasteiger partial charge in [-0.1, -0.05) is 57.2 Å². The summed E-state index contributed by atoms with van der Waals surface area (Å²) in [6.07, 6.45) is 11.9. The number of hydrogen-bond acceptors (Lipinski definition) is 5. The number of alkyl carbamates (subject to hydrolysis) is 1. The Morgan fingerprint density at radius 3 is 2.38 bits per heavy atom. The van der Waals surface area contributed by atoms with E-state index in [1.54, 1.807) is 49.6 Å². The maximum atomic E-state index is 14.1. The third-order valence-corrected chi connectivity index (χ3v) is 6.33. The van der Waals surface area contributed by atoms with Crippen LogP contribution in [0.2, 0.25) is 0 Å². The smallest absolute Gasteiger partial charge is 0.408 e. The van der Waals surface area contributed by atoms with Gasteiger partial charge in [-0.2, -0.15) is 11.8 Å². The molecule has 0 aliphatic rings. The number of terminal acetylenes is 1. The summed E-state index contributed by atoms with van der Waals surface area (Å²) in [6.45, 7) is 10.3. The van der Waals surface area contributed by atoms with Crippen LogP contribution >= 0.6 is 11.8 Å². The SMILES string of the molecule is C#Cc1ccccc1C(C(=O)NCCCCC)N(CCCC)C(=O)C(CCSC)NC(=O)OC(C)(C)C. The molecule has 3 amide bonds. The minimum atomic E-state index is -0.912. The van der Waals surface area contributed by atoms with Gasteiger partial charge in [0.1, 0.15) is 17.7 Å². The number of carbonyl (C=O) groups excluding carboxylic acids is 3. The number of benzene rings is 1. The van der Waals surface area contributed by atoms with Gasteiger partial charge in [0.25, 0.3) is 0 Å². The first-order valence-corrected chi connectivity index (χ1v) is 14.6. The number of nitrogens with one attached hydrogen (secondary N) is 2. The van der Waals surface area contributed by atoms with Gasteiger partial charge in [-0.15, -0.1) is 6.42 Å². The highest BCUT2D eigenvalue weighted by Crippen LogP contribution is 2.27. The van der Waals surface area contributed by atoms with Gasteiger partial charge in [0.2, 0.25) is 11.8 Å². The minimum absolute atomic E-state index is 0.274. The highest BCUT2D eigenvalue weighted by atomic mass is 32.2. The van der Waals surface area contributed by atoms with E-state index in [4.69, 9.17) is 11.2 Å². The molecule has 0 aliphatic heterocycles. The van der Waals surface area contributed by atoms with Crippen molar-refractivity contribution in [3.63, 3.8) is 0 Å². The van der Waals surface area contributed by atoms with E-state index >= 15 is 0 Å². The van der Waals surface area contributed by atoms with Crippen molar-refractivity contribution in [3.05, 3.63) is 35.4 Å². The molecular formula is C29H45N3O4S. The Kier molecular flexibility index (Phi) is 14.8. The first kappa shape index (κ1) is 32.4. The number of carbonyl (C=O) groups is 3. The first-order chi connectivity index (χ1) is 17.6. The average Bonchev–Trinajstić information content (AvgIpc) is 2.85. The fourth-order valence-corrected chi connectivity index (χ4v) is 4.31. The normalized spacial score (nSPS) is 12.7. The Bertz CT molecular complexity index is 907. The Labute approximate surface area is 227 Å². The molecule has 1 aromatic carbocycles. The highest BCUT2D eigenvalue weighted by Gasteiger charge is 2.36. The number of thioether (sulfide) groups is 1. The Morgan fingerprint density at radius 1 is 1.11 bits per heavy atom. The summed E-state index contributed by atoms with van der Waals surface area (Å²) in [4.78, 5) is 41.9. The van der Waals surface area contributed by atoms with Crippen LogP contribution in [0.4, 0.5) is 4.79 Å². The molecule has 37 heavy (non-hydrogen) atoms. The monoisotopic (exact) mass is 531 g/mol. The van der Waals surface area contributed by atoms with Crippen LogP contribution in [-0.2, 0) is 14.3 Å². The summed E-state index contributed by atoms with van der Waals surface area (Å²) in [5.74, 6) is 2.72. The van der Waals surface area contributed by atoms with Crippen molar-refractivity contribution in [2.75, 3.05) is 25.1 Å². The highest BCUT2D eigenvalue weighted by molar-refractivity contribution is 7.98. The maximum Gasteiger partial charge on any atom is 0.408 e. The molecule has 0 aliphatic carbocycles. The molecule has 8 heteroatoms. The van der Waals surface area contributed by atoms with Crippen molar-refractivity contribution in [1.82, 2.24) is 15.5 Å². The lowest BCUT2D eigenvalue weighted by Crippen LogP contribution is -2.53. The molecular weight excluding hydrogens is 486 g/mol. The van der Waals surface area contributed by atoms with Crippen molar-refractivity contribution < 1.29 is 19.1 Å². The molecule has 0 aromatic heterocycles.